The molecule has 16 heteroatoms. The van der Waals surface area contributed by atoms with Gasteiger partial charge in [0.1, 0.15) is 20.2 Å². The molecule has 0 saturated heterocycles. The second-order valence-electron chi connectivity index (χ2n) is 9.49. The first-order valence-electron chi connectivity index (χ1n) is 11.9. The van der Waals surface area contributed by atoms with Crippen LogP contribution in [-0.2, 0) is 20.2 Å². The van der Waals surface area contributed by atoms with Crippen molar-refractivity contribution in [2.24, 2.45) is 0 Å². The molecule has 0 heterocycles. The Balaban J connectivity index is 0.00000221. The zero-order valence-electron chi connectivity index (χ0n) is 22.8. The number of hydrogen-bond acceptors (Lipinski definition) is 12. The van der Waals surface area contributed by atoms with Crippen LogP contribution in [0.2, 0.25) is 0 Å². The van der Waals surface area contributed by atoms with Gasteiger partial charge in [0.2, 0.25) is 0 Å². The molecule has 0 unspecified atom stereocenters. The molecule has 44 heavy (non-hydrogen) atoms. The second kappa shape index (κ2) is 11.4. The number of anilines is 2. The molecule has 210 valence electrons. The molecule has 2 aliphatic carbocycles. The van der Waals surface area contributed by atoms with Gasteiger partial charge in [-0.25, -0.2) is 16.8 Å². The summed E-state index contributed by atoms with van der Waals surface area (Å²) in [4.78, 5) is 52.5. The van der Waals surface area contributed by atoms with E-state index in [1.54, 1.807) is 0 Å². The summed E-state index contributed by atoms with van der Waals surface area (Å²) in [5, 5.41) is 0. The Morgan fingerprint density at radius 1 is 0.455 bits per heavy atom. The largest absolute Gasteiger partial charge is 1.00 e. The summed E-state index contributed by atoms with van der Waals surface area (Å²) in [7, 11) is -10.9. The molecule has 0 aliphatic heterocycles. The van der Waals surface area contributed by atoms with E-state index in [2.05, 4.69) is 0 Å². The van der Waals surface area contributed by atoms with Gasteiger partial charge in [0, 0.05) is 33.4 Å². The Bertz CT molecular complexity index is 2090. The summed E-state index contributed by atoms with van der Waals surface area (Å²) in [5.41, 5.74) is 6.01. The van der Waals surface area contributed by atoms with E-state index in [0.717, 1.165) is 0 Å². The minimum atomic E-state index is -5.45. The maximum atomic E-state index is 13.8. The summed E-state index contributed by atoms with van der Waals surface area (Å²) >= 11 is 0. The van der Waals surface area contributed by atoms with Crippen molar-refractivity contribution in [1.82, 2.24) is 0 Å². The third-order valence-corrected chi connectivity index (χ3v) is 8.98. The number of nitrogens with two attached hydrogens (primary N) is 2. The van der Waals surface area contributed by atoms with Crippen molar-refractivity contribution in [2.45, 2.75) is 9.79 Å². The molecule has 2 aliphatic rings. The van der Waals surface area contributed by atoms with E-state index in [9.17, 15) is 45.1 Å². The number of fused-ring (bicyclic) bond motifs is 4. The van der Waals surface area contributed by atoms with Crippen molar-refractivity contribution in [2.75, 3.05) is 11.5 Å². The molecule has 4 N–H and O–H groups in total. The van der Waals surface area contributed by atoms with Crippen LogP contribution in [0.1, 0.15) is 63.7 Å². The van der Waals surface area contributed by atoms with Gasteiger partial charge in [-0.05, 0) is 23.3 Å². The molecular formula is C28H14N2Na2O10S2. The average molecular weight is 649 g/mol. The third-order valence-electron chi connectivity index (χ3n) is 7.23. The van der Waals surface area contributed by atoms with Crippen LogP contribution in [-0.4, -0.2) is 49.1 Å². The molecule has 0 atom stereocenters. The van der Waals surface area contributed by atoms with Gasteiger partial charge in [-0.15, -0.1) is 0 Å². The fraction of sp³-hybridized carbons (Fsp3) is 0. The van der Waals surface area contributed by atoms with Crippen molar-refractivity contribution in [3.05, 3.63) is 105 Å². The molecule has 0 bridgehead atoms. The zero-order chi connectivity index (χ0) is 30.5. The van der Waals surface area contributed by atoms with Crippen molar-refractivity contribution in [3.63, 3.8) is 0 Å². The van der Waals surface area contributed by atoms with Crippen LogP contribution in [0.15, 0.2) is 70.5 Å². The van der Waals surface area contributed by atoms with Gasteiger partial charge in [0.05, 0.1) is 32.3 Å². The quantitative estimate of drug-likeness (QED) is 0.106. The predicted molar refractivity (Wildman–Crippen MR) is 143 cm³/mol. The van der Waals surface area contributed by atoms with Crippen LogP contribution in [0.3, 0.4) is 0 Å². The van der Waals surface area contributed by atoms with Gasteiger partial charge in [0.15, 0.2) is 23.1 Å². The van der Waals surface area contributed by atoms with Gasteiger partial charge in [0.25, 0.3) is 0 Å². The molecule has 0 amide bonds. The van der Waals surface area contributed by atoms with Crippen molar-refractivity contribution < 1.29 is 104 Å². The van der Waals surface area contributed by atoms with Crippen LogP contribution in [0.4, 0.5) is 11.4 Å². The zero-order valence-corrected chi connectivity index (χ0v) is 28.5. The van der Waals surface area contributed by atoms with E-state index < -0.39 is 97.9 Å². The van der Waals surface area contributed by atoms with Gasteiger partial charge in [-0.3, -0.25) is 19.2 Å². The van der Waals surface area contributed by atoms with Gasteiger partial charge in [-0.2, -0.15) is 0 Å². The van der Waals surface area contributed by atoms with Crippen LogP contribution >= 0.6 is 0 Å². The molecule has 0 spiro atoms. The molecule has 0 radical (unpaired) electrons. The Labute approximate surface area is 293 Å². The van der Waals surface area contributed by atoms with Gasteiger partial charge in [-0.1, -0.05) is 48.5 Å². The number of rotatable bonds is 3. The number of nitrogen functional groups attached to an aromatic ring is 2. The molecule has 6 rings (SSSR count). The second-order valence-corrected chi connectivity index (χ2v) is 12.2. The van der Waals surface area contributed by atoms with Gasteiger partial charge < -0.3 is 20.6 Å². The maximum Gasteiger partial charge on any atom is 1.00 e. The number of hydrogen-bond donors (Lipinski definition) is 2. The Morgan fingerprint density at radius 3 is 0.955 bits per heavy atom. The Hall–Kier alpha value is -3.02. The van der Waals surface area contributed by atoms with Crippen molar-refractivity contribution in [1.29, 1.82) is 0 Å². The van der Waals surface area contributed by atoms with E-state index in [4.69, 9.17) is 11.5 Å². The molecule has 4 aromatic rings. The number of carbonyl (C=O) groups is 4. The average Bonchev–Trinajstić information content (AvgIpc) is 2.93. The normalized spacial score (nSPS) is 13.6. The molecule has 4 aromatic carbocycles. The summed E-state index contributed by atoms with van der Waals surface area (Å²) in [6, 6.07) is 12.1. The van der Waals surface area contributed by atoms with Crippen LogP contribution in [0.25, 0.3) is 11.1 Å². The van der Waals surface area contributed by atoms with Crippen LogP contribution in [0, 0.1) is 0 Å². The predicted octanol–water partition coefficient (Wildman–Crippen LogP) is -4.11. The summed E-state index contributed by atoms with van der Waals surface area (Å²) in [6.45, 7) is 0. The standard InChI is InChI=1S/C28H16N2O10S2.2Na/c29-23-17(41(35,36)37)9-15(19-21(23)27(33)13-7-3-1-5-11(13)25(19)31)16-10-18(42(38,39)40)24(30)22-20(16)26(32)12-6-2-4-8-14(12)28(22)34;;/h1-10H,29-30H2,(H,35,36,37)(H,38,39,40);;/q;2*+1/p-2. The van der Waals surface area contributed by atoms with E-state index >= 15 is 0 Å². The first kappa shape index (κ1) is 33.9. The third kappa shape index (κ3) is 4.91. The fourth-order valence-corrected chi connectivity index (χ4v) is 6.69. The molecule has 0 aromatic heterocycles. The molecule has 0 fully saturated rings. The molecule has 0 saturated carbocycles. The number of ketones is 4. The smallest absolute Gasteiger partial charge is 0.744 e. The number of carbonyl (C=O) groups excluding carboxylic acids is 4. The Kier molecular flexibility index (Phi) is 8.78. The van der Waals surface area contributed by atoms with E-state index in [0.29, 0.717) is 12.1 Å². The summed E-state index contributed by atoms with van der Waals surface area (Å²) in [6.07, 6.45) is 0. The Morgan fingerprint density at radius 2 is 0.705 bits per heavy atom. The SMILES string of the molecule is Nc1c(S(=O)(=O)[O-])cc(-c2cc(S(=O)(=O)[O-])c(N)c3c2C(=O)c2ccccc2C3=O)c2c1C(=O)c1ccccc1C2=O.[Na+].[Na+]. The fourth-order valence-electron chi connectivity index (χ4n) is 5.43. The van der Waals surface area contributed by atoms with E-state index in [1.165, 1.54) is 48.5 Å². The van der Waals surface area contributed by atoms with Crippen molar-refractivity contribution >= 4 is 54.7 Å². The number of benzene rings is 4. The molecular weight excluding hydrogens is 634 g/mol. The monoisotopic (exact) mass is 648 g/mol. The molecule has 12 nitrogen and oxygen atoms in total. The minimum Gasteiger partial charge on any atom is -0.744 e. The first-order chi connectivity index (χ1) is 19.6. The summed E-state index contributed by atoms with van der Waals surface area (Å²) < 4.78 is 73.7. The van der Waals surface area contributed by atoms with Crippen molar-refractivity contribution in [3.8, 4) is 11.1 Å². The van der Waals surface area contributed by atoms with Gasteiger partial charge >= 0.3 is 59.1 Å². The van der Waals surface area contributed by atoms with Crippen LogP contribution in [0.5, 0.6) is 0 Å². The van der Waals surface area contributed by atoms with E-state index in [1.807, 2.05) is 0 Å². The van der Waals surface area contributed by atoms with Crippen LogP contribution < -0.4 is 70.6 Å². The van der Waals surface area contributed by atoms with E-state index in [-0.39, 0.29) is 81.4 Å². The first-order valence-corrected chi connectivity index (χ1v) is 14.7. The summed E-state index contributed by atoms with van der Waals surface area (Å²) in [5.74, 6) is -3.64. The minimum absolute atomic E-state index is 0. The topological polar surface area (TPSA) is 235 Å². The maximum absolute atomic E-state index is 13.8.